The van der Waals surface area contributed by atoms with Crippen molar-refractivity contribution in [3.05, 3.63) is 139 Å². The molecule has 2 aliphatic rings. The van der Waals surface area contributed by atoms with Crippen LogP contribution in [0.4, 0.5) is 17.1 Å². The number of nitrogens with zero attached hydrogens (tertiary/aromatic N) is 1. The Balaban J connectivity index is 1.39. The van der Waals surface area contributed by atoms with Crippen LogP contribution in [0.3, 0.4) is 0 Å². The molecule has 0 unspecified atom stereocenters. The fraction of sp³-hybridized carbons (Fsp3) is 0.135. The van der Waals surface area contributed by atoms with E-state index >= 15 is 0 Å². The monoisotopic (exact) mass is 587 g/mol. The SMILES string of the molecule is Cc1cc(C)cc(N2c3ccccc3C(C)(C)c3c2ccc2cc(C=C4C(=O)c5cc(Cl)c(Cl)cc5C4=O)ccc32)c1. The van der Waals surface area contributed by atoms with Crippen molar-refractivity contribution in [2.45, 2.75) is 33.1 Å². The van der Waals surface area contributed by atoms with E-state index in [-0.39, 0.29) is 32.6 Å². The Morgan fingerprint density at radius 2 is 1.36 bits per heavy atom. The second-order valence-corrected chi connectivity index (χ2v) is 12.6. The van der Waals surface area contributed by atoms with Gasteiger partial charge >= 0.3 is 0 Å². The number of para-hydroxylation sites is 1. The molecule has 3 nitrogen and oxygen atoms in total. The molecule has 0 saturated heterocycles. The van der Waals surface area contributed by atoms with E-state index in [0.717, 1.165) is 27.7 Å². The van der Waals surface area contributed by atoms with Crippen molar-refractivity contribution >= 4 is 68.7 Å². The zero-order valence-corrected chi connectivity index (χ0v) is 25.2. The number of ketones is 2. The molecule has 5 heteroatoms. The predicted octanol–water partition coefficient (Wildman–Crippen LogP) is 10.3. The number of Topliss-reactive ketones (excluding diaryl/α,β-unsaturated/α-hetero) is 2. The van der Waals surface area contributed by atoms with Gasteiger partial charge in [0.1, 0.15) is 0 Å². The minimum Gasteiger partial charge on any atom is -0.310 e. The predicted molar refractivity (Wildman–Crippen MR) is 173 cm³/mol. The highest BCUT2D eigenvalue weighted by atomic mass is 35.5. The van der Waals surface area contributed by atoms with Gasteiger partial charge < -0.3 is 4.90 Å². The van der Waals surface area contributed by atoms with Gasteiger partial charge in [-0.3, -0.25) is 9.59 Å². The number of rotatable bonds is 2. The summed E-state index contributed by atoms with van der Waals surface area (Å²) in [4.78, 5) is 28.7. The molecule has 0 amide bonds. The van der Waals surface area contributed by atoms with Crippen LogP contribution in [-0.2, 0) is 5.41 Å². The molecular weight excluding hydrogens is 561 g/mol. The normalized spacial score (nSPS) is 15.1. The summed E-state index contributed by atoms with van der Waals surface area (Å²) >= 11 is 12.3. The lowest BCUT2D eigenvalue weighted by molar-refractivity contribution is 0.0990. The lowest BCUT2D eigenvalue weighted by Crippen LogP contribution is -2.31. The third kappa shape index (κ3) is 3.95. The maximum atomic E-state index is 13.2. The number of allylic oxidation sites excluding steroid dienone is 1. The molecule has 0 bridgehead atoms. The number of aryl methyl sites for hydroxylation is 2. The number of fused-ring (bicyclic) bond motifs is 5. The van der Waals surface area contributed by atoms with Crippen LogP contribution in [0.25, 0.3) is 16.8 Å². The van der Waals surface area contributed by atoms with Crippen molar-refractivity contribution in [3.8, 4) is 0 Å². The van der Waals surface area contributed by atoms with E-state index in [4.69, 9.17) is 23.2 Å². The second-order valence-electron chi connectivity index (χ2n) is 11.8. The molecule has 0 N–H and O–H groups in total. The number of halogens is 2. The Hall–Kier alpha value is -4.18. The van der Waals surface area contributed by atoms with Crippen LogP contribution in [0, 0.1) is 13.8 Å². The molecule has 0 aromatic heterocycles. The molecule has 206 valence electrons. The first-order valence-corrected chi connectivity index (χ1v) is 14.7. The number of carbonyl (C=O) groups excluding carboxylic acids is 2. The minimum absolute atomic E-state index is 0.121. The topological polar surface area (TPSA) is 37.4 Å². The third-order valence-electron chi connectivity index (χ3n) is 8.52. The molecule has 7 rings (SSSR count). The Kier molecular flexibility index (Phi) is 5.99. The van der Waals surface area contributed by atoms with Crippen LogP contribution in [0.2, 0.25) is 10.0 Å². The minimum atomic E-state index is -0.332. The average Bonchev–Trinajstić information content (AvgIpc) is 3.16. The molecule has 0 saturated carbocycles. The zero-order valence-electron chi connectivity index (χ0n) is 23.7. The maximum Gasteiger partial charge on any atom is 0.197 e. The first-order chi connectivity index (χ1) is 20.0. The van der Waals surface area contributed by atoms with Gasteiger partial charge in [0.25, 0.3) is 0 Å². The average molecular weight is 589 g/mol. The van der Waals surface area contributed by atoms with Gasteiger partial charge in [0, 0.05) is 22.2 Å². The lowest BCUT2D eigenvalue weighted by Gasteiger charge is -2.43. The largest absolute Gasteiger partial charge is 0.310 e. The zero-order chi connectivity index (χ0) is 29.5. The van der Waals surface area contributed by atoms with Crippen molar-refractivity contribution in [1.82, 2.24) is 0 Å². The summed E-state index contributed by atoms with van der Waals surface area (Å²) in [7, 11) is 0. The molecule has 0 fully saturated rings. The van der Waals surface area contributed by atoms with Crippen LogP contribution in [0.5, 0.6) is 0 Å². The summed E-state index contributed by atoms with van der Waals surface area (Å²) in [5, 5.41) is 2.69. The van der Waals surface area contributed by atoms with Gasteiger partial charge in [-0.2, -0.15) is 0 Å². The number of carbonyl (C=O) groups is 2. The molecule has 5 aromatic carbocycles. The molecule has 0 radical (unpaired) electrons. The van der Waals surface area contributed by atoms with Gasteiger partial charge in [-0.15, -0.1) is 0 Å². The van der Waals surface area contributed by atoms with Crippen molar-refractivity contribution < 1.29 is 9.59 Å². The fourth-order valence-corrected chi connectivity index (χ4v) is 7.03. The van der Waals surface area contributed by atoms with Gasteiger partial charge in [-0.05, 0) is 101 Å². The molecule has 1 heterocycles. The summed E-state index contributed by atoms with van der Waals surface area (Å²) in [6.07, 6.45) is 1.67. The van der Waals surface area contributed by atoms with E-state index in [1.54, 1.807) is 6.08 Å². The highest BCUT2D eigenvalue weighted by molar-refractivity contribution is 6.46. The maximum absolute atomic E-state index is 13.2. The summed E-state index contributed by atoms with van der Waals surface area (Å²) < 4.78 is 0. The van der Waals surface area contributed by atoms with Crippen LogP contribution >= 0.6 is 23.2 Å². The van der Waals surface area contributed by atoms with E-state index in [0.29, 0.717) is 11.1 Å². The highest BCUT2D eigenvalue weighted by Gasteiger charge is 2.38. The van der Waals surface area contributed by atoms with Crippen LogP contribution < -0.4 is 4.90 Å². The molecule has 1 aliphatic heterocycles. The molecule has 0 atom stereocenters. The Morgan fingerprint density at radius 3 is 2.02 bits per heavy atom. The summed E-state index contributed by atoms with van der Waals surface area (Å²) in [5.41, 5.74) is 9.62. The molecule has 5 aromatic rings. The Labute approximate surface area is 255 Å². The number of benzene rings is 5. The number of hydrogen-bond acceptors (Lipinski definition) is 3. The van der Waals surface area contributed by atoms with Gasteiger partial charge in [0.05, 0.1) is 27.0 Å². The van der Waals surface area contributed by atoms with Gasteiger partial charge in [0.15, 0.2) is 11.6 Å². The molecule has 42 heavy (non-hydrogen) atoms. The van der Waals surface area contributed by atoms with Gasteiger partial charge in [-0.1, -0.05) is 79.5 Å². The van der Waals surface area contributed by atoms with E-state index in [1.807, 2.05) is 12.1 Å². The fourth-order valence-electron chi connectivity index (χ4n) is 6.70. The Morgan fingerprint density at radius 1 is 0.714 bits per heavy atom. The van der Waals surface area contributed by atoms with E-state index < -0.39 is 0 Å². The summed E-state index contributed by atoms with van der Waals surface area (Å²) in [6.45, 7) is 8.83. The molecular formula is C37H27Cl2NO2. The van der Waals surface area contributed by atoms with Crippen molar-refractivity contribution in [2.75, 3.05) is 4.90 Å². The van der Waals surface area contributed by atoms with Crippen LogP contribution in [-0.4, -0.2) is 11.6 Å². The van der Waals surface area contributed by atoms with E-state index in [1.165, 1.54) is 40.1 Å². The van der Waals surface area contributed by atoms with Crippen molar-refractivity contribution in [2.24, 2.45) is 0 Å². The third-order valence-corrected chi connectivity index (χ3v) is 9.24. The number of anilines is 3. The van der Waals surface area contributed by atoms with E-state index in [9.17, 15) is 9.59 Å². The summed E-state index contributed by atoms with van der Waals surface area (Å²) in [6, 6.07) is 28.7. The lowest BCUT2D eigenvalue weighted by atomic mass is 9.71. The Bertz CT molecular complexity index is 1990. The highest BCUT2D eigenvalue weighted by Crippen LogP contribution is 2.54. The number of hydrogen-bond donors (Lipinski definition) is 0. The first kappa shape index (κ1) is 26.7. The van der Waals surface area contributed by atoms with Gasteiger partial charge in [0.2, 0.25) is 0 Å². The summed E-state index contributed by atoms with van der Waals surface area (Å²) in [5.74, 6) is -0.665. The smallest absolute Gasteiger partial charge is 0.197 e. The van der Waals surface area contributed by atoms with E-state index in [2.05, 4.69) is 93.3 Å². The van der Waals surface area contributed by atoms with Crippen molar-refractivity contribution in [1.29, 1.82) is 0 Å². The van der Waals surface area contributed by atoms with Crippen LogP contribution in [0.15, 0.2) is 90.5 Å². The molecule has 1 aliphatic carbocycles. The molecule has 0 spiro atoms. The standard InChI is InChI=1S/C37H27Cl2NO2/c1-20-13-21(2)15-24(14-20)40-32-8-6-5-7-29(32)37(3,4)34-25-11-9-22(16-23(25)10-12-33(34)40)17-28-35(41)26-18-30(38)31(39)19-27(26)36(28)42/h5-19H,1-4H3. The van der Waals surface area contributed by atoms with Crippen LogP contribution in [0.1, 0.15) is 62.4 Å². The van der Waals surface area contributed by atoms with Crippen molar-refractivity contribution in [3.63, 3.8) is 0 Å². The second kappa shape index (κ2) is 9.42. The van der Waals surface area contributed by atoms with Gasteiger partial charge in [-0.25, -0.2) is 0 Å². The quantitative estimate of drug-likeness (QED) is 0.152. The first-order valence-electron chi connectivity index (χ1n) is 13.9.